The van der Waals surface area contributed by atoms with Crippen molar-refractivity contribution in [1.29, 1.82) is 0 Å². The Balaban J connectivity index is 0.00000104. The summed E-state index contributed by atoms with van der Waals surface area (Å²) >= 11 is 0. The molecule has 8 aliphatic carbocycles. The van der Waals surface area contributed by atoms with Gasteiger partial charge in [0.2, 0.25) is 0 Å². The van der Waals surface area contributed by atoms with E-state index in [0.29, 0.717) is 97.2 Å². The number of unbranched alkanes of at least 4 members (excludes halogenated alkanes) is 4. The first kappa shape index (κ1) is 90.2. The van der Waals surface area contributed by atoms with Crippen LogP contribution in [0.2, 0.25) is 0 Å². The smallest absolute Gasteiger partial charge is 0.0784 e. The molecule has 0 radical (unpaired) electrons. The summed E-state index contributed by atoms with van der Waals surface area (Å²) in [6.45, 7) is 18.9. The van der Waals surface area contributed by atoms with Gasteiger partial charge in [-0.2, -0.15) is 0 Å². The Morgan fingerprint density at radius 2 is 0.516 bits per heavy atom. The van der Waals surface area contributed by atoms with Gasteiger partial charge in [-0.25, -0.2) is 0 Å². The van der Waals surface area contributed by atoms with E-state index in [1.165, 1.54) is 167 Å². The van der Waals surface area contributed by atoms with Gasteiger partial charge in [0, 0.05) is 86.6 Å². The predicted molar refractivity (Wildman–Crippen MR) is 396 cm³/mol. The maximum atomic E-state index is 8.42. The van der Waals surface area contributed by atoms with Gasteiger partial charge in [-0.3, -0.25) is 0 Å². The first-order valence-corrected chi connectivity index (χ1v) is 38.2. The first-order valence-electron chi connectivity index (χ1n) is 38.2. The van der Waals surface area contributed by atoms with E-state index in [2.05, 4.69) is 41.5 Å². The second-order valence-electron chi connectivity index (χ2n) is 31.0. The van der Waals surface area contributed by atoms with Gasteiger partial charge in [-0.05, 0) is 303 Å². The second kappa shape index (κ2) is 56.2. The van der Waals surface area contributed by atoms with Crippen LogP contribution < -0.4 is 103 Å². The molecule has 0 bridgehead atoms. The van der Waals surface area contributed by atoms with Crippen LogP contribution in [-0.4, -0.2) is 124 Å². The lowest BCUT2D eigenvalue weighted by atomic mass is 9.66. The van der Waals surface area contributed by atoms with Crippen LogP contribution in [-0.2, 0) is 0 Å². The number of aliphatic hydroxyl groups excluding tert-OH is 1. The van der Waals surface area contributed by atoms with Gasteiger partial charge in [0.25, 0.3) is 0 Å². The van der Waals surface area contributed by atoms with Crippen LogP contribution in [0.5, 0.6) is 0 Å². The summed E-state index contributed by atoms with van der Waals surface area (Å²) in [5, 5.41) is 8.42. The molecule has 0 aromatic carbocycles. The fourth-order valence-electron chi connectivity index (χ4n) is 15.6. The van der Waals surface area contributed by atoms with Gasteiger partial charge in [0.15, 0.2) is 0 Å². The van der Waals surface area contributed by atoms with Gasteiger partial charge in [0.05, 0.1) is 6.10 Å². The molecule has 19 heteroatoms. The van der Waals surface area contributed by atoms with Gasteiger partial charge < -0.3 is 108 Å². The summed E-state index contributed by atoms with van der Waals surface area (Å²) in [5.41, 5.74) is 99.7. The third-order valence-electron chi connectivity index (χ3n) is 22.0. The van der Waals surface area contributed by atoms with E-state index in [-0.39, 0.29) is 13.1 Å². The van der Waals surface area contributed by atoms with E-state index in [4.69, 9.17) is 108 Å². The first-order chi connectivity index (χ1) is 43.3. The number of hydrogen-bond acceptors (Lipinski definition) is 19. The van der Waals surface area contributed by atoms with Gasteiger partial charge in [-0.15, -0.1) is 0 Å². The number of hydrogen-bond donors (Lipinski definition) is 19. The lowest BCUT2D eigenvalue weighted by Gasteiger charge is -2.42. The molecule has 0 amide bonds. The lowest BCUT2D eigenvalue weighted by molar-refractivity contribution is 0.118. The Labute approximate surface area is 562 Å². The minimum atomic E-state index is -0.509. The summed E-state index contributed by atoms with van der Waals surface area (Å²) in [4.78, 5) is 0. The van der Waals surface area contributed by atoms with E-state index < -0.39 is 6.10 Å². The molecule has 37 N–H and O–H groups in total. The molecule has 0 aromatic rings. The van der Waals surface area contributed by atoms with Crippen molar-refractivity contribution in [1.82, 2.24) is 0 Å². The predicted octanol–water partition coefficient (Wildman–Crippen LogP) is 6.46. The van der Waals surface area contributed by atoms with Gasteiger partial charge >= 0.3 is 0 Å². The minimum Gasteiger partial charge on any atom is -0.390 e. The molecule has 8 aliphatic rings. The lowest BCUT2D eigenvalue weighted by Crippen LogP contribution is -2.43. The zero-order chi connectivity index (χ0) is 68.7. The standard InChI is InChI=1S/C17H34N2.C15H30N2.C13H26N2.2C6H14N2.C6H16N2.C4H12N2.C3H10N2O.C2H8N2/c1-10-5-14(6-11(2)16(10)18)9-15-7-12(3)17(19)13(4)8-15;1-10-7-12(3-5-14(10)16)9-13-4-6-15(17)11(2)8-13;14-12-5-1-10(2-6-12)9-11-3-7-13(15)8-4-11;7-5-1-2-6(8)4-3-5;7-5-2-1-3-6(8)4-5;7-5-3-1-2-4-6-8;5-3-1-2-4-6;4-1-3(6)2-5;3-1-2-4/h10-17H,5-9,18-19H2,1-4H3;10-15H,3-9,16-17H2,1-2H3;10-13H,1-9,14-15H2;2*5-6H,1-4,7-8H2;1-8H2;1-6H2;3,6H,1-2,4-5H2;1-4H2. The van der Waals surface area contributed by atoms with Crippen LogP contribution in [0, 0.1) is 71.0 Å². The third-order valence-corrected chi connectivity index (χ3v) is 22.0. The minimum absolute atomic E-state index is 0.260. The Bertz CT molecular complexity index is 1440. The van der Waals surface area contributed by atoms with Crippen molar-refractivity contribution >= 4 is 0 Å². The molecule has 0 spiro atoms. The normalized spacial score (nSPS) is 36.3. The van der Waals surface area contributed by atoms with Crippen LogP contribution in [0.4, 0.5) is 0 Å². The number of aliphatic hydroxyl groups is 1. The van der Waals surface area contributed by atoms with Crippen LogP contribution >= 0.6 is 0 Å². The molecule has 0 aromatic heterocycles. The summed E-state index contributed by atoms with van der Waals surface area (Å²) in [6.07, 6.45) is 43.7. The molecule has 19 nitrogen and oxygen atoms in total. The van der Waals surface area contributed by atoms with E-state index in [0.717, 1.165) is 131 Å². The van der Waals surface area contributed by atoms with E-state index in [1.807, 2.05) is 0 Å². The molecule has 8 saturated carbocycles. The highest BCUT2D eigenvalue weighted by Crippen LogP contribution is 2.42. The molecular formula is C72H164N18O. The van der Waals surface area contributed by atoms with Crippen LogP contribution in [0.3, 0.4) is 0 Å². The molecule has 12 atom stereocenters. The van der Waals surface area contributed by atoms with E-state index in [1.54, 1.807) is 0 Å². The zero-order valence-corrected chi connectivity index (χ0v) is 60.5. The highest BCUT2D eigenvalue weighted by atomic mass is 16.3. The average molecular weight is 1300 g/mol. The molecule has 0 saturated heterocycles. The zero-order valence-electron chi connectivity index (χ0n) is 60.5. The fourth-order valence-corrected chi connectivity index (χ4v) is 15.6. The monoisotopic (exact) mass is 1300 g/mol. The highest BCUT2D eigenvalue weighted by molar-refractivity contribution is 4.91. The average Bonchev–Trinajstić information content (AvgIpc) is 1.22. The second-order valence-corrected chi connectivity index (χ2v) is 31.0. The molecule has 548 valence electrons. The van der Waals surface area contributed by atoms with Gasteiger partial charge in [0.1, 0.15) is 0 Å². The molecule has 0 aliphatic heterocycles. The molecule has 0 heterocycles. The molecule has 8 rings (SSSR count). The van der Waals surface area contributed by atoms with Crippen LogP contribution in [0.1, 0.15) is 266 Å². The van der Waals surface area contributed by atoms with Crippen molar-refractivity contribution in [2.45, 2.75) is 333 Å². The van der Waals surface area contributed by atoms with E-state index in [9.17, 15) is 0 Å². The van der Waals surface area contributed by atoms with Gasteiger partial charge in [-0.1, -0.05) is 60.8 Å². The van der Waals surface area contributed by atoms with Crippen molar-refractivity contribution in [2.75, 3.05) is 52.4 Å². The topological polar surface area (TPSA) is 489 Å². The van der Waals surface area contributed by atoms with Crippen LogP contribution in [0.15, 0.2) is 0 Å². The van der Waals surface area contributed by atoms with Crippen molar-refractivity contribution in [3.63, 3.8) is 0 Å². The van der Waals surface area contributed by atoms with Crippen molar-refractivity contribution < 1.29 is 5.11 Å². The highest BCUT2D eigenvalue weighted by Gasteiger charge is 2.36. The Morgan fingerprint density at radius 3 is 0.758 bits per heavy atom. The molecular weight excluding hydrogens is 1130 g/mol. The Morgan fingerprint density at radius 1 is 0.264 bits per heavy atom. The summed E-state index contributed by atoms with van der Waals surface area (Å²) in [7, 11) is 0. The largest absolute Gasteiger partial charge is 0.390 e. The van der Waals surface area contributed by atoms with Crippen molar-refractivity contribution in [2.24, 2.45) is 174 Å². The van der Waals surface area contributed by atoms with E-state index >= 15 is 0 Å². The molecule has 8 fully saturated rings. The maximum absolute atomic E-state index is 8.42. The quantitative estimate of drug-likeness (QED) is 0.0695. The van der Waals surface area contributed by atoms with Crippen molar-refractivity contribution in [3.05, 3.63) is 0 Å². The SMILES string of the molecule is CC1CC(CC2CC(C)C(N)C(C)C2)CC(C)C1N.CC1CC(CC2CCC(N)C(C)C2)CCC1N.NC1CCC(CC2CCC(N)CC2)CC1.NC1CCC(N)CC1.NC1CCCC(N)C1.NCC(O)CN.NCCCCCCN.NCCCCN.NCCN. The molecule has 91 heavy (non-hydrogen) atoms. The molecule has 12 unspecified atom stereocenters. The summed E-state index contributed by atoms with van der Waals surface area (Å²) in [6, 6.07) is 4.43. The summed E-state index contributed by atoms with van der Waals surface area (Å²) < 4.78 is 0. The summed E-state index contributed by atoms with van der Waals surface area (Å²) in [5.74, 6) is 9.93. The Hall–Kier alpha value is -0.760. The number of rotatable bonds is 17. The third kappa shape index (κ3) is 45.5. The Kier molecular flexibility index (Phi) is 55.7. The van der Waals surface area contributed by atoms with Crippen LogP contribution in [0.25, 0.3) is 0 Å². The van der Waals surface area contributed by atoms with Crippen molar-refractivity contribution in [3.8, 4) is 0 Å². The maximum Gasteiger partial charge on any atom is 0.0784 e. The fraction of sp³-hybridized carbons (Fsp3) is 1.00. The number of nitrogens with two attached hydrogens (primary N) is 18.